The van der Waals surface area contributed by atoms with E-state index in [1.165, 1.54) is 18.2 Å². The predicted molar refractivity (Wildman–Crippen MR) is 105 cm³/mol. The highest BCUT2D eigenvalue weighted by molar-refractivity contribution is 7.90. The van der Waals surface area contributed by atoms with Crippen molar-refractivity contribution in [3.05, 3.63) is 53.1 Å². The fraction of sp³-hybridized carbons (Fsp3) is 0.300. The summed E-state index contributed by atoms with van der Waals surface area (Å²) >= 11 is 0. The first-order valence-electron chi connectivity index (χ1n) is 8.52. The van der Waals surface area contributed by atoms with E-state index >= 15 is 0 Å². The van der Waals surface area contributed by atoms with Gasteiger partial charge in [-0.15, -0.1) is 0 Å². The Balaban J connectivity index is 1.86. The average molecular weight is 405 g/mol. The molecule has 0 aromatic heterocycles. The normalized spacial score (nSPS) is 11.0. The van der Waals surface area contributed by atoms with Crippen molar-refractivity contribution in [2.45, 2.75) is 25.7 Å². The Hall–Kier alpha value is -2.87. The topological polar surface area (TPSA) is 98.8 Å². The van der Waals surface area contributed by atoms with Crippen molar-refractivity contribution in [1.82, 2.24) is 0 Å². The largest absolute Gasteiger partial charge is 0.481 e. The van der Waals surface area contributed by atoms with Gasteiger partial charge in [-0.2, -0.15) is 0 Å². The van der Waals surface area contributed by atoms with Gasteiger partial charge >= 0.3 is 5.97 Å². The number of carbonyl (C=O) groups excluding carboxylic acids is 2. The molecule has 0 heterocycles. The zero-order valence-electron chi connectivity index (χ0n) is 16.2. The number of hydrogen-bond donors (Lipinski definition) is 1. The first-order chi connectivity index (χ1) is 13.1. The summed E-state index contributed by atoms with van der Waals surface area (Å²) in [7, 11) is -3.38. The van der Waals surface area contributed by atoms with Crippen LogP contribution < -0.4 is 10.1 Å². The summed E-state index contributed by atoms with van der Waals surface area (Å²) < 4.78 is 33.5. The van der Waals surface area contributed by atoms with E-state index in [1.54, 1.807) is 6.07 Å². The van der Waals surface area contributed by atoms with Gasteiger partial charge in [0, 0.05) is 11.9 Å². The molecule has 2 rings (SSSR count). The van der Waals surface area contributed by atoms with Crippen molar-refractivity contribution >= 4 is 27.4 Å². The zero-order valence-corrected chi connectivity index (χ0v) is 17.1. The smallest absolute Gasteiger partial charge is 0.344 e. The molecule has 0 bridgehead atoms. The van der Waals surface area contributed by atoms with E-state index in [4.69, 9.17) is 9.47 Å². The Kier molecular flexibility index (Phi) is 6.80. The summed E-state index contributed by atoms with van der Waals surface area (Å²) in [6, 6.07) is 9.72. The number of sulfone groups is 1. The third-order valence-electron chi connectivity index (χ3n) is 3.85. The SMILES string of the molecule is Cc1cc(C)c(OCC(=O)OCC(=O)Nc2cccc(S(C)(=O)=O)c2)c(C)c1. The molecular weight excluding hydrogens is 382 g/mol. The van der Waals surface area contributed by atoms with Crippen LogP contribution in [0.4, 0.5) is 5.69 Å². The minimum atomic E-state index is -3.38. The second kappa shape index (κ2) is 8.88. The second-order valence-corrected chi connectivity index (χ2v) is 8.54. The average Bonchev–Trinajstić information content (AvgIpc) is 2.58. The summed E-state index contributed by atoms with van der Waals surface area (Å²) in [6.45, 7) is 4.93. The molecule has 1 N–H and O–H groups in total. The Morgan fingerprint density at radius 3 is 2.25 bits per heavy atom. The Morgan fingerprint density at radius 2 is 1.64 bits per heavy atom. The first kappa shape index (κ1) is 21.4. The summed E-state index contributed by atoms with van der Waals surface area (Å²) in [4.78, 5) is 23.8. The maximum Gasteiger partial charge on any atom is 0.344 e. The molecule has 0 saturated carbocycles. The quantitative estimate of drug-likeness (QED) is 0.711. The Morgan fingerprint density at radius 1 is 1.00 bits per heavy atom. The first-order valence-corrected chi connectivity index (χ1v) is 10.4. The van der Waals surface area contributed by atoms with Gasteiger partial charge in [0.1, 0.15) is 5.75 Å². The summed E-state index contributed by atoms with van der Waals surface area (Å²) in [5.74, 6) is -0.647. The molecule has 8 heteroatoms. The predicted octanol–water partition coefficient (Wildman–Crippen LogP) is 2.58. The van der Waals surface area contributed by atoms with Crippen LogP contribution >= 0.6 is 0 Å². The second-order valence-electron chi connectivity index (χ2n) is 6.53. The lowest BCUT2D eigenvalue weighted by Gasteiger charge is -2.13. The number of esters is 1. The van der Waals surface area contributed by atoms with Gasteiger partial charge in [-0.05, 0) is 50.1 Å². The number of carbonyl (C=O) groups is 2. The van der Waals surface area contributed by atoms with Crippen molar-refractivity contribution in [1.29, 1.82) is 0 Å². The maximum absolute atomic E-state index is 11.9. The number of amides is 1. The van der Waals surface area contributed by atoms with Crippen LogP contribution in [0.3, 0.4) is 0 Å². The van der Waals surface area contributed by atoms with Crippen molar-refractivity contribution in [2.75, 3.05) is 24.8 Å². The molecule has 0 aliphatic rings. The minimum absolute atomic E-state index is 0.0829. The number of aryl methyl sites for hydroxylation is 3. The fourth-order valence-corrected chi connectivity index (χ4v) is 3.38. The molecule has 0 unspecified atom stereocenters. The van der Waals surface area contributed by atoms with E-state index in [1.807, 2.05) is 32.9 Å². The molecule has 1 amide bonds. The monoisotopic (exact) mass is 405 g/mol. The van der Waals surface area contributed by atoms with Gasteiger partial charge in [-0.1, -0.05) is 23.8 Å². The number of anilines is 1. The van der Waals surface area contributed by atoms with Gasteiger partial charge < -0.3 is 14.8 Å². The summed E-state index contributed by atoms with van der Waals surface area (Å²) in [5, 5.41) is 2.49. The number of benzene rings is 2. The highest BCUT2D eigenvalue weighted by Gasteiger charge is 2.13. The lowest BCUT2D eigenvalue weighted by atomic mass is 10.1. The van der Waals surface area contributed by atoms with Crippen molar-refractivity contribution in [3.8, 4) is 5.75 Å². The minimum Gasteiger partial charge on any atom is -0.481 e. The highest BCUT2D eigenvalue weighted by atomic mass is 32.2. The molecule has 0 atom stereocenters. The van der Waals surface area contributed by atoms with Crippen LogP contribution in [-0.4, -0.2) is 39.8 Å². The van der Waals surface area contributed by atoms with Crippen molar-refractivity contribution in [2.24, 2.45) is 0 Å². The van der Waals surface area contributed by atoms with E-state index in [9.17, 15) is 18.0 Å². The Bertz CT molecular complexity index is 975. The van der Waals surface area contributed by atoms with Crippen molar-refractivity contribution < 1.29 is 27.5 Å². The van der Waals surface area contributed by atoms with Crippen LogP contribution in [0.25, 0.3) is 0 Å². The van der Waals surface area contributed by atoms with Gasteiger partial charge in [0.25, 0.3) is 5.91 Å². The Labute approximate surface area is 164 Å². The number of rotatable bonds is 7. The van der Waals surface area contributed by atoms with E-state index in [0.29, 0.717) is 11.4 Å². The highest BCUT2D eigenvalue weighted by Crippen LogP contribution is 2.24. The van der Waals surface area contributed by atoms with E-state index in [-0.39, 0.29) is 11.5 Å². The van der Waals surface area contributed by atoms with Gasteiger partial charge in [0.2, 0.25) is 0 Å². The molecule has 28 heavy (non-hydrogen) atoms. The van der Waals surface area contributed by atoms with Crippen LogP contribution in [0.1, 0.15) is 16.7 Å². The van der Waals surface area contributed by atoms with Crippen LogP contribution in [-0.2, 0) is 24.2 Å². The van der Waals surface area contributed by atoms with Gasteiger partial charge in [0.15, 0.2) is 23.1 Å². The molecule has 0 radical (unpaired) electrons. The summed E-state index contributed by atoms with van der Waals surface area (Å²) in [6.07, 6.45) is 1.08. The third kappa shape index (κ3) is 6.09. The van der Waals surface area contributed by atoms with E-state index in [0.717, 1.165) is 22.9 Å². The third-order valence-corrected chi connectivity index (χ3v) is 4.96. The fourth-order valence-electron chi connectivity index (χ4n) is 2.71. The lowest BCUT2D eigenvalue weighted by molar-refractivity contribution is -0.149. The van der Waals surface area contributed by atoms with Gasteiger partial charge in [-0.3, -0.25) is 4.79 Å². The summed E-state index contributed by atoms with van der Waals surface area (Å²) in [5.41, 5.74) is 3.22. The molecule has 7 nitrogen and oxygen atoms in total. The molecule has 150 valence electrons. The van der Waals surface area contributed by atoms with E-state index < -0.39 is 28.3 Å². The van der Waals surface area contributed by atoms with Crippen molar-refractivity contribution in [3.63, 3.8) is 0 Å². The van der Waals surface area contributed by atoms with Crippen LogP contribution in [0, 0.1) is 20.8 Å². The van der Waals surface area contributed by atoms with E-state index in [2.05, 4.69) is 5.32 Å². The zero-order chi connectivity index (χ0) is 20.9. The number of hydrogen-bond acceptors (Lipinski definition) is 6. The molecule has 0 aliphatic heterocycles. The van der Waals surface area contributed by atoms with Crippen LogP contribution in [0.15, 0.2) is 41.3 Å². The molecule has 2 aromatic rings. The van der Waals surface area contributed by atoms with Crippen LogP contribution in [0.5, 0.6) is 5.75 Å². The molecule has 0 saturated heterocycles. The molecule has 0 fully saturated rings. The number of nitrogens with one attached hydrogen (secondary N) is 1. The molecule has 0 spiro atoms. The van der Waals surface area contributed by atoms with Gasteiger partial charge in [-0.25, -0.2) is 13.2 Å². The number of ether oxygens (including phenoxy) is 2. The standard InChI is InChI=1S/C20H23NO6S/c1-13-8-14(2)20(15(3)9-13)27-12-19(23)26-11-18(22)21-16-6-5-7-17(10-16)28(4,24)25/h5-10H,11-12H2,1-4H3,(H,21,22). The lowest BCUT2D eigenvalue weighted by Crippen LogP contribution is -2.24. The molecular formula is C20H23NO6S. The maximum atomic E-state index is 11.9. The van der Waals surface area contributed by atoms with Gasteiger partial charge in [0.05, 0.1) is 4.90 Å². The molecule has 2 aromatic carbocycles. The van der Waals surface area contributed by atoms with Crippen LogP contribution in [0.2, 0.25) is 0 Å². The molecule has 0 aliphatic carbocycles.